The zero-order chi connectivity index (χ0) is 9.84. The summed E-state index contributed by atoms with van der Waals surface area (Å²) in [6.45, 7) is 2.12. The molecule has 1 rings (SSSR count). The number of halogens is 1. The molecule has 1 fully saturated rings. The summed E-state index contributed by atoms with van der Waals surface area (Å²) in [7, 11) is 0. The molecule has 2 unspecified atom stereocenters. The minimum Gasteiger partial charge on any atom is -0.466 e. The van der Waals surface area contributed by atoms with Crippen LogP contribution in [0.25, 0.3) is 0 Å². The van der Waals surface area contributed by atoms with Gasteiger partial charge in [0.15, 0.2) is 0 Å². The van der Waals surface area contributed by atoms with Gasteiger partial charge >= 0.3 is 11.9 Å². The van der Waals surface area contributed by atoms with Gasteiger partial charge in [-0.05, 0) is 6.92 Å². The van der Waals surface area contributed by atoms with E-state index >= 15 is 0 Å². The molecule has 0 N–H and O–H groups in total. The predicted molar refractivity (Wildman–Crippen MR) is 53.6 cm³/mol. The first kappa shape index (κ1) is 10.7. The van der Waals surface area contributed by atoms with Crippen LogP contribution in [0.15, 0.2) is 0 Å². The van der Waals surface area contributed by atoms with E-state index in [1.54, 1.807) is 6.92 Å². The molecular formula is C8H11IO4. The topological polar surface area (TPSA) is 52.6 Å². The van der Waals surface area contributed by atoms with E-state index < -0.39 is 0 Å². The minimum absolute atomic E-state index is 0.114. The first-order valence-corrected chi connectivity index (χ1v) is 5.38. The van der Waals surface area contributed by atoms with Crippen molar-refractivity contribution in [1.82, 2.24) is 0 Å². The highest BCUT2D eigenvalue weighted by Crippen LogP contribution is 2.24. The summed E-state index contributed by atoms with van der Waals surface area (Å²) >= 11 is 2.01. The monoisotopic (exact) mass is 298 g/mol. The van der Waals surface area contributed by atoms with Gasteiger partial charge in [0.2, 0.25) is 0 Å². The van der Waals surface area contributed by atoms with Crippen molar-refractivity contribution in [3.63, 3.8) is 0 Å². The van der Waals surface area contributed by atoms with Crippen LogP contribution in [0.3, 0.4) is 0 Å². The van der Waals surface area contributed by atoms with Crippen LogP contribution in [0.4, 0.5) is 0 Å². The molecule has 1 aliphatic rings. The molecule has 2 atom stereocenters. The molecule has 0 aromatic heterocycles. The Morgan fingerprint density at radius 2 is 2.46 bits per heavy atom. The maximum Gasteiger partial charge on any atom is 0.319 e. The number of ether oxygens (including phenoxy) is 2. The lowest BCUT2D eigenvalue weighted by molar-refractivity contribution is -0.149. The minimum atomic E-state index is -0.300. The molecule has 0 spiro atoms. The van der Waals surface area contributed by atoms with Crippen molar-refractivity contribution in [2.24, 2.45) is 0 Å². The Bertz CT molecular complexity index is 216. The predicted octanol–water partition coefficient (Wildman–Crippen LogP) is 1.06. The largest absolute Gasteiger partial charge is 0.466 e. The van der Waals surface area contributed by atoms with Crippen molar-refractivity contribution in [2.45, 2.75) is 29.8 Å². The lowest BCUT2D eigenvalue weighted by atomic mass is 10.2. The Labute approximate surface area is 90.1 Å². The van der Waals surface area contributed by atoms with Gasteiger partial charge in [-0.15, -0.1) is 0 Å². The molecular weight excluding hydrogens is 287 g/mol. The third-order valence-electron chi connectivity index (χ3n) is 1.71. The Morgan fingerprint density at radius 3 is 2.92 bits per heavy atom. The lowest BCUT2D eigenvalue weighted by Gasteiger charge is -2.07. The summed E-state index contributed by atoms with van der Waals surface area (Å²) in [4.78, 5) is 21.9. The van der Waals surface area contributed by atoms with Crippen LogP contribution < -0.4 is 0 Å². The number of carbonyl (C=O) groups is 2. The Kier molecular flexibility index (Phi) is 3.95. The van der Waals surface area contributed by atoms with Crippen molar-refractivity contribution in [1.29, 1.82) is 0 Å². The molecule has 1 heterocycles. The van der Waals surface area contributed by atoms with Crippen molar-refractivity contribution in [3.8, 4) is 0 Å². The maximum atomic E-state index is 11.0. The van der Waals surface area contributed by atoms with Gasteiger partial charge in [0.05, 0.1) is 13.0 Å². The summed E-state index contributed by atoms with van der Waals surface area (Å²) in [5, 5.41) is 0. The van der Waals surface area contributed by atoms with Crippen LogP contribution >= 0.6 is 22.6 Å². The molecule has 13 heavy (non-hydrogen) atoms. The fourth-order valence-corrected chi connectivity index (χ4v) is 1.86. The highest BCUT2D eigenvalue weighted by atomic mass is 127. The van der Waals surface area contributed by atoms with E-state index in [1.807, 2.05) is 22.6 Å². The van der Waals surface area contributed by atoms with Crippen molar-refractivity contribution >= 4 is 34.5 Å². The van der Waals surface area contributed by atoms with E-state index in [1.165, 1.54) is 0 Å². The zero-order valence-corrected chi connectivity index (χ0v) is 9.44. The number of hydrogen-bond donors (Lipinski definition) is 0. The van der Waals surface area contributed by atoms with Gasteiger partial charge in [-0.25, -0.2) is 0 Å². The van der Waals surface area contributed by atoms with E-state index in [0.29, 0.717) is 13.0 Å². The second kappa shape index (κ2) is 4.78. The third kappa shape index (κ3) is 3.13. The second-order valence-corrected chi connectivity index (χ2v) is 4.27. The summed E-state index contributed by atoms with van der Waals surface area (Å²) in [6.07, 6.45) is 0.505. The molecule has 1 aliphatic heterocycles. The van der Waals surface area contributed by atoms with Crippen LogP contribution in [0.2, 0.25) is 0 Å². The van der Waals surface area contributed by atoms with E-state index in [9.17, 15) is 9.59 Å². The van der Waals surface area contributed by atoms with Crippen molar-refractivity contribution in [3.05, 3.63) is 0 Å². The molecule has 4 nitrogen and oxygen atoms in total. The van der Waals surface area contributed by atoms with E-state index in [0.717, 1.165) is 0 Å². The quantitative estimate of drug-likeness (QED) is 0.444. The van der Waals surface area contributed by atoms with Crippen molar-refractivity contribution < 1.29 is 19.1 Å². The molecule has 0 amide bonds. The van der Waals surface area contributed by atoms with Crippen LogP contribution in [0.1, 0.15) is 19.8 Å². The van der Waals surface area contributed by atoms with E-state index in [4.69, 9.17) is 9.47 Å². The van der Waals surface area contributed by atoms with E-state index in [-0.39, 0.29) is 28.4 Å². The molecule has 0 bridgehead atoms. The van der Waals surface area contributed by atoms with Gasteiger partial charge in [0.25, 0.3) is 0 Å². The molecule has 5 heteroatoms. The first-order chi connectivity index (χ1) is 6.13. The number of esters is 2. The molecule has 0 radical (unpaired) electrons. The number of alkyl halides is 1. The Hall–Kier alpha value is -0.330. The zero-order valence-electron chi connectivity index (χ0n) is 7.29. The Morgan fingerprint density at radius 1 is 1.77 bits per heavy atom. The van der Waals surface area contributed by atoms with Gasteiger partial charge in [-0.1, -0.05) is 22.6 Å². The molecule has 0 aromatic rings. The van der Waals surface area contributed by atoms with Crippen LogP contribution in [0, 0.1) is 0 Å². The number of carbonyl (C=O) groups excluding carboxylic acids is 2. The first-order valence-electron chi connectivity index (χ1n) is 4.13. The molecule has 0 saturated carbocycles. The average molecular weight is 298 g/mol. The normalized spacial score (nSPS) is 27.1. The lowest BCUT2D eigenvalue weighted by Crippen LogP contribution is -2.15. The molecule has 0 aromatic carbocycles. The average Bonchev–Trinajstić information content (AvgIpc) is 2.31. The second-order valence-electron chi connectivity index (χ2n) is 2.77. The summed E-state index contributed by atoms with van der Waals surface area (Å²) in [6, 6.07) is 0. The van der Waals surface area contributed by atoms with Gasteiger partial charge < -0.3 is 9.47 Å². The maximum absolute atomic E-state index is 11.0. The van der Waals surface area contributed by atoms with Crippen LogP contribution in [0.5, 0.6) is 0 Å². The van der Waals surface area contributed by atoms with E-state index in [2.05, 4.69) is 0 Å². The number of cyclic esters (lactones) is 1. The van der Waals surface area contributed by atoms with Gasteiger partial charge in [-0.2, -0.15) is 0 Å². The Balaban J connectivity index is 2.31. The van der Waals surface area contributed by atoms with Crippen LogP contribution in [-0.4, -0.2) is 28.6 Å². The van der Waals surface area contributed by atoms with Crippen LogP contribution in [-0.2, 0) is 19.1 Å². The fourth-order valence-electron chi connectivity index (χ4n) is 1.14. The van der Waals surface area contributed by atoms with Gasteiger partial charge in [-0.3, -0.25) is 9.59 Å². The van der Waals surface area contributed by atoms with Gasteiger partial charge in [0.1, 0.15) is 10.0 Å². The third-order valence-corrected chi connectivity index (χ3v) is 2.73. The summed E-state index contributed by atoms with van der Waals surface area (Å²) < 4.78 is 9.57. The fraction of sp³-hybridized carbons (Fsp3) is 0.750. The number of hydrogen-bond acceptors (Lipinski definition) is 4. The number of rotatable bonds is 3. The highest BCUT2D eigenvalue weighted by Gasteiger charge is 2.33. The molecule has 74 valence electrons. The molecule has 1 saturated heterocycles. The smallest absolute Gasteiger partial charge is 0.319 e. The summed E-state index contributed by atoms with van der Waals surface area (Å²) in [5.41, 5.74) is 0. The van der Waals surface area contributed by atoms with Gasteiger partial charge in [0, 0.05) is 6.42 Å². The van der Waals surface area contributed by atoms with Crippen molar-refractivity contribution in [2.75, 3.05) is 6.61 Å². The summed E-state index contributed by atoms with van der Waals surface area (Å²) in [5.74, 6) is -0.527. The highest BCUT2D eigenvalue weighted by molar-refractivity contribution is 14.1. The SMILES string of the molecule is CCOC(=O)CC1CC(I)C(=O)O1. The molecule has 0 aliphatic carbocycles. The standard InChI is InChI=1S/C8H11IO4/c1-2-12-7(10)4-5-3-6(9)8(11)13-5/h5-6H,2-4H2,1H3.